The van der Waals surface area contributed by atoms with Gasteiger partial charge in [0.2, 0.25) is 5.91 Å². The third-order valence-electron chi connectivity index (χ3n) is 2.76. The molecule has 0 bridgehead atoms. The van der Waals surface area contributed by atoms with Gasteiger partial charge in [-0.25, -0.2) is 0 Å². The number of likely N-dealkylation sites (N-methyl/N-ethyl adjacent to an activating group) is 1. The molecule has 1 aliphatic rings. The SMILES string of the molecule is CCC(Br)C(=O)N1CCN(CC)CC1. The van der Waals surface area contributed by atoms with Gasteiger partial charge in [-0.05, 0) is 13.0 Å². The first-order chi connectivity index (χ1) is 6.69. The van der Waals surface area contributed by atoms with Crippen molar-refractivity contribution >= 4 is 21.8 Å². The maximum absolute atomic E-state index is 11.8. The summed E-state index contributed by atoms with van der Waals surface area (Å²) in [5.41, 5.74) is 0. The molecule has 1 fully saturated rings. The maximum atomic E-state index is 11.8. The Hall–Kier alpha value is -0.0900. The third kappa shape index (κ3) is 2.95. The number of nitrogens with zero attached hydrogens (tertiary/aromatic N) is 2. The van der Waals surface area contributed by atoms with Crippen molar-refractivity contribution < 1.29 is 4.79 Å². The van der Waals surface area contributed by atoms with Gasteiger partial charge >= 0.3 is 0 Å². The second-order valence-corrected chi connectivity index (χ2v) is 4.74. The molecule has 0 aromatic heterocycles. The Morgan fingerprint density at radius 3 is 2.29 bits per heavy atom. The fourth-order valence-electron chi connectivity index (χ4n) is 1.66. The van der Waals surface area contributed by atoms with Gasteiger partial charge in [0.05, 0.1) is 4.83 Å². The van der Waals surface area contributed by atoms with E-state index in [1.165, 1.54) is 0 Å². The molecule has 1 saturated heterocycles. The van der Waals surface area contributed by atoms with E-state index in [0.29, 0.717) is 0 Å². The lowest BCUT2D eigenvalue weighted by Gasteiger charge is -2.34. The van der Waals surface area contributed by atoms with E-state index in [9.17, 15) is 4.79 Å². The van der Waals surface area contributed by atoms with Gasteiger partial charge in [-0.1, -0.05) is 29.8 Å². The number of halogens is 1. The lowest BCUT2D eigenvalue weighted by molar-refractivity contribution is -0.132. The highest BCUT2D eigenvalue weighted by atomic mass is 79.9. The molecule has 0 saturated carbocycles. The molecular formula is C10H19BrN2O. The van der Waals surface area contributed by atoms with E-state index in [-0.39, 0.29) is 10.7 Å². The minimum Gasteiger partial charge on any atom is -0.339 e. The maximum Gasteiger partial charge on any atom is 0.236 e. The highest BCUT2D eigenvalue weighted by Crippen LogP contribution is 2.11. The fraction of sp³-hybridized carbons (Fsp3) is 0.900. The van der Waals surface area contributed by atoms with Gasteiger partial charge in [0, 0.05) is 26.2 Å². The molecule has 3 nitrogen and oxygen atoms in total. The molecule has 0 N–H and O–H groups in total. The molecule has 1 aliphatic heterocycles. The molecule has 1 heterocycles. The summed E-state index contributed by atoms with van der Waals surface area (Å²) >= 11 is 3.41. The molecule has 4 heteroatoms. The average molecular weight is 263 g/mol. The summed E-state index contributed by atoms with van der Waals surface area (Å²) in [6.45, 7) is 9.09. The van der Waals surface area contributed by atoms with Crippen molar-refractivity contribution in [2.45, 2.75) is 25.1 Å². The van der Waals surface area contributed by atoms with Crippen LogP contribution in [0.15, 0.2) is 0 Å². The molecule has 0 aromatic carbocycles. The van der Waals surface area contributed by atoms with E-state index >= 15 is 0 Å². The molecule has 0 radical (unpaired) electrons. The van der Waals surface area contributed by atoms with Crippen molar-refractivity contribution in [3.8, 4) is 0 Å². The lowest BCUT2D eigenvalue weighted by Crippen LogP contribution is -2.50. The van der Waals surface area contributed by atoms with E-state index in [4.69, 9.17) is 0 Å². The molecule has 0 aromatic rings. The number of carbonyl (C=O) groups is 1. The van der Waals surface area contributed by atoms with Crippen LogP contribution in [-0.2, 0) is 4.79 Å². The number of carbonyl (C=O) groups excluding carboxylic acids is 1. The molecule has 82 valence electrons. The zero-order valence-electron chi connectivity index (χ0n) is 9.00. The first kappa shape index (κ1) is 12.0. The topological polar surface area (TPSA) is 23.6 Å². The Kier molecular flexibility index (Phi) is 4.89. The predicted molar refractivity (Wildman–Crippen MR) is 61.7 cm³/mol. The molecule has 1 atom stereocenters. The number of hydrogen-bond acceptors (Lipinski definition) is 2. The standard InChI is InChI=1S/C10H19BrN2O/c1-3-9(11)10(14)13-7-5-12(4-2)6-8-13/h9H,3-8H2,1-2H3. The van der Waals surface area contributed by atoms with Crippen molar-refractivity contribution in [2.24, 2.45) is 0 Å². The summed E-state index contributed by atoms with van der Waals surface area (Å²) in [5, 5.41) is 0. The van der Waals surface area contributed by atoms with E-state index < -0.39 is 0 Å². The number of rotatable bonds is 3. The number of amides is 1. The van der Waals surface area contributed by atoms with E-state index in [2.05, 4.69) is 27.8 Å². The van der Waals surface area contributed by atoms with Crippen LogP contribution in [0, 0.1) is 0 Å². The zero-order chi connectivity index (χ0) is 10.6. The van der Waals surface area contributed by atoms with Crippen LogP contribution < -0.4 is 0 Å². The van der Waals surface area contributed by atoms with Gasteiger partial charge in [-0.2, -0.15) is 0 Å². The average Bonchev–Trinajstić information content (AvgIpc) is 2.27. The van der Waals surface area contributed by atoms with Crippen LogP contribution >= 0.6 is 15.9 Å². The van der Waals surface area contributed by atoms with Crippen LogP contribution in [0.1, 0.15) is 20.3 Å². The van der Waals surface area contributed by atoms with Crippen molar-refractivity contribution in [3.05, 3.63) is 0 Å². The Morgan fingerprint density at radius 1 is 1.29 bits per heavy atom. The van der Waals surface area contributed by atoms with Crippen LogP contribution in [0.4, 0.5) is 0 Å². The predicted octanol–water partition coefficient (Wildman–Crippen LogP) is 1.32. The molecule has 0 spiro atoms. The molecule has 0 aliphatic carbocycles. The summed E-state index contributed by atoms with van der Waals surface area (Å²) < 4.78 is 0. The smallest absolute Gasteiger partial charge is 0.236 e. The minimum atomic E-state index is 0.00989. The Bertz CT molecular complexity index is 191. The molecule has 1 amide bonds. The highest BCUT2D eigenvalue weighted by Gasteiger charge is 2.23. The summed E-state index contributed by atoms with van der Waals surface area (Å²) in [6, 6.07) is 0. The largest absolute Gasteiger partial charge is 0.339 e. The van der Waals surface area contributed by atoms with Crippen LogP contribution in [0.25, 0.3) is 0 Å². The number of hydrogen-bond donors (Lipinski definition) is 0. The summed E-state index contributed by atoms with van der Waals surface area (Å²) in [7, 11) is 0. The summed E-state index contributed by atoms with van der Waals surface area (Å²) in [4.78, 5) is 16.1. The van der Waals surface area contributed by atoms with Crippen molar-refractivity contribution in [2.75, 3.05) is 32.7 Å². The highest BCUT2D eigenvalue weighted by molar-refractivity contribution is 9.10. The molecule has 1 rings (SSSR count). The van der Waals surface area contributed by atoms with Crippen LogP contribution in [0.3, 0.4) is 0 Å². The zero-order valence-corrected chi connectivity index (χ0v) is 10.6. The van der Waals surface area contributed by atoms with Gasteiger partial charge < -0.3 is 9.80 Å². The first-order valence-electron chi connectivity index (χ1n) is 5.34. The van der Waals surface area contributed by atoms with Gasteiger partial charge in [0.15, 0.2) is 0 Å². The Labute approximate surface area is 94.6 Å². The lowest BCUT2D eigenvalue weighted by atomic mass is 10.2. The van der Waals surface area contributed by atoms with Crippen molar-refractivity contribution in [3.63, 3.8) is 0 Å². The van der Waals surface area contributed by atoms with E-state index in [1.54, 1.807) is 0 Å². The Morgan fingerprint density at radius 2 is 1.86 bits per heavy atom. The fourth-order valence-corrected chi connectivity index (χ4v) is 1.95. The van der Waals surface area contributed by atoms with Crippen LogP contribution in [0.5, 0.6) is 0 Å². The van der Waals surface area contributed by atoms with E-state index in [1.807, 2.05) is 11.8 Å². The van der Waals surface area contributed by atoms with Crippen LogP contribution in [-0.4, -0.2) is 53.3 Å². The molecule has 14 heavy (non-hydrogen) atoms. The minimum absolute atomic E-state index is 0.00989. The second kappa shape index (κ2) is 5.71. The number of piperazine rings is 1. The van der Waals surface area contributed by atoms with Crippen LogP contribution in [0.2, 0.25) is 0 Å². The Balaban J connectivity index is 2.37. The third-order valence-corrected chi connectivity index (χ3v) is 3.80. The van der Waals surface area contributed by atoms with Gasteiger partial charge in [0.1, 0.15) is 0 Å². The van der Waals surface area contributed by atoms with E-state index in [0.717, 1.165) is 39.1 Å². The van der Waals surface area contributed by atoms with Crippen molar-refractivity contribution in [1.82, 2.24) is 9.80 Å². The van der Waals surface area contributed by atoms with Gasteiger partial charge in [-0.15, -0.1) is 0 Å². The molecular weight excluding hydrogens is 244 g/mol. The number of alkyl halides is 1. The molecule has 1 unspecified atom stereocenters. The summed E-state index contributed by atoms with van der Waals surface area (Å²) in [5.74, 6) is 0.253. The first-order valence-corrected chi connectivity index (χ1v) is 6.25. The normalized spacial score (nSPS) is 20.9. The van der Waals surface area contributed by atoms with Gasteiger partial charge in [-0.3, -0.25) is 4.79 Å². The van der Waals surface area contributed by atoms with Gasteiger partial charge in [0.25, 0.3) is 0 Å². The quantitative estimate of drug-likeness (QED) is 0.717. The van der Waals surface area contributed by atoms with Crippen molar-refractivity contribution in [1.29, 1.82) is 0 Å². The summed E-state index contributed by atoms with van der Waals surface area (Å²) in [6.07, 6.45) is 0.868. The second-order valence-electron chi connectivity index (χ2n) is 3.64. The monoisotopic (exact) mass is 262 g/mol.